The number of carboxylic acids is 4. The molecule has 256 valence electrons. The molecule has 12 nitrogen and oxygen atoms in total. The zero-order valence-electron chi connectivity index (χ0n) is 25.6. The fraction of sp³-hybridized carbons (Fsp3) is 0.176. The second-order valence-electron chi connectivity index (χ2n) is 9.82. The van der Waals surface area contributed by atoms with Crippen LogP contribution in [0.4, 0.5) is 0 Å². The Hall–Kier alpha value is -4.46. The van der Waals surface area contributed by atoms with Crippen molar-refractivity contribution >= 4 is 52.4 Å². The maximum atomic E-state index is 10.5. The first-order chi connectivity index (χ1) is 21.7. The van der Waals surface area contributed by atoms with Gasteiger partial charge in [-0.1, -0.05) is 72.8 Å². The molecule has 0 spiro atoms. The number of hydrogen-bond acceptors (Lipinski definition) is 10. The van der Waals surface area contributed by atoms with Crippen molar-refractivity contribution in [3.05, 3.63) is 121 Å². The van der Waals surface area contributed by atoms with E-state index >= 15 is 0 Å². The zero-order chi connectivity index (χ0) is 32.7. The van der Waals surface area contributed by atoms with Crippen LogP contribution in [0.2, 0.25) is 0 Å². The van der Waals surface area contributed by atoms with Crippen LogP contribution in [0.3, 0.4) is 0 Å². The Labute approximate surface area is 289 Å². The van der Waals surface area contributed by atoms with E-state index in [1.54, 1.807) is 0 Å². The van der Waals surface area contributed by atoms with Gasteiger partial charge in [0.1, 0.15) is 28.5 Å². The number of hydrogen-bond donors (Lipinski definition) is 2. The molecule has 6 N–H and O–H groups in total. The van der Waals surface area contributed by atoms with Crippen molar-refractivity contribution in [1.82, 2.24) is 10.6 Å². The molecule has 0 amide bonds. The van der Waals surface area contributed by atoms with Crippen LogP contribution in [-0.2, 0) is 36.0 Å². The average molecular weight is 723 g/mol. The van der Waals surface area contributed by atoms with Crippen molar-refractivity contribution in [1.29, 1.82) is 0 Å². The molecule has 0 aliphatic heterocycles. The summed E-state index contributed by atoms with van der Waals surface area (Å²) in [7, 11) is -1.91. The average Bonchev–Trinajstić information content (AvgIpc) is 3.04. The van der Waals surface area contributed by atoms with Crippen LogP contribution >= 0.6 is 7.26 Å². The summed E-state index contributed by atoms with van der Waals surface area (Å²) in [5.41, 5.74) is 0. The minimum atomic E-state index is -1.91. The Morgan fingerprint density at radius 2 is 0.708 bits per heavy atom. The van der Waals surface area contributed by atoms with Crippen LogP contribution in [-0.4, -0.2) is 60.0 Å². The zero-order valence-corrected chi connectivity index (χ0v) is 27.5. The minimum absolute atomic E-state index is 0. The normalized spacial score (nSPS) is 11.4. The van der Waals surface area contributed by atoms with E-state index in [1.807, 2.05) is 0 Å². The van der Waals surface area contributed by atoms with Gasteiger partial charge in [0, 0.05) is 37.9 Å². The molecule has 0 heterocycles. The van der Waals surface area contributed by atoms with Gasteiger partial charge in [-0.3, -0.25) is 0 Å². The van der Waals surface area contributed by atoms with Gasteiger partial charge in [-0.15, -0.1) is 0 Å². The smallest absolute Gasteiger partial charge is 0.550 e. The maximum Gasteiger partial charge on any atom is 3.00 e. The van der Waals surface area contributed by atoms with E-state index in [-0.39, 0.29) is 40.8 Å². The van der Waals surface area contributed by atoms with Crippen molar-refractivity contribution < 1.29 is 67.3 Å². The number of rotatable bonds is 15. The molecule has 4 aromatic rings. The maximum absolute atomic E-state index is 10.5. The Morgan fingerprint density at radius 1 is 0.479 bits per heavy atom. The number of nitrogens with one attached hydrogen (secondary N) is 2. The topological polar surface area (TPSA) is 248 Å². The van der Waals surface area contributed by atoms with E-state index in [4.69, 9.17) is 0 Å². The van der Waals surface area contributed by atoms with Crippen LogP contribution in [0.15, 0.2) is 121 Å². The molecule has 0 aromatic heterocycles. The fourth-order valence-electron chi connectivity index (χ4n) is 4.80. The Bertz CT molecular complexity index is 1340. The van der Waals surface area contributed by atoms with E-state index < -0.39 is 56.1 Å². The van der Waals surface area contributed by atoms with Crippen LogP contribution in [0.5, 0.6) is 0 Å². The van der Waals surface area contributed by atoms with Crippen molar-refractivity contribution in [3.63, 3.8) is 0 Å². The molecule has 0 unspecified atom stereocenters. The van der Waals surface area contributed by atoms with Crippen LogP contribution < -0.4 is 52.3 Å². The number of carbonyl (C=O) groups excluding carboxylic acids is 4. The molecule has 0 radical (unpaired) electrons. The summed E-state index contributed by atoms with van der Waals surface area (Å²) in [5, 5.41) is 51.7. The van der Waals surface area contributed by atoms with Gasteiger partial charge in [0.15, 0.2) is 0 Å². The van der Waals surface area contributed by atoms with Gasteiger partial charge in [-0.2, -0.15) is 0 Å². The molecule has 48 heavy (non-hydrogen) atoms. The van der Waals surface area contributed by atoms with Crippen LogP contribution in [0.25, 0.3) is 0 Å². The Morgan fingerprint density at radius 3 is 0.896 bits per heavy atom. The first-order valence-corrected chi connectivity index (χ1v) is 15.8. The summed E-state index contributed by atoms with van der Waals surface area (Å²) in [6.45, 7) is -0.272. The van der Waals surface area contributed by atoms with Gasteiger partial charge in [-0.25, -0.2) is 0 Å². The van der Waals surface area contributed by atoms with Crippen molar-refractivity contribution in [2.24, 2.45) is 0 Å². The van der Waals surface area contributed by atoms with E-state index in [0.29, 0.717) is 0 Å². The molecule has 14 heteroatoms. The molecular weight excluding hydrogens is 686 g/mol. The summed E-state index contributed by atoms with van der Waals surface area (Å²) in [6, 6.07) is 40.8. The molecule has 0 aliphatic carbocycles. The van der Waals surface area contributed by atoms with Crippen molar-refractivity contribution in [3.8, 4) is 0 Å². The van der Waals surface area contributed by atoms with Gasteiger partial charge in [0.25, 0.3) is 0 Å². The molecule has 0 aliphatic rings. The number of aliphatic carboxylic acids is 4. The molecule has 2 atom stereocenters. The van der Waals surface area contributed by atoms with E-state index in [0.717, 1.165) is 0 Å². The van der Waals surface area contributed by atoms with Gasteiger partial charge in [0.05, 0.1) is 24.0 Å². The Balaban J connectivity index is 0.000000891. The SMILES string of the molecule is O.O.O=C([O-])C[C@H](NCCN[C@@H](CC(=O)[O-])C(=O)[O-])C(=O)[O-].[Co+3].c1ccc([P+](c2ccccc2)(c2ccccc2)c2ccccc2)cc1. The second-order valence-corrected chi connectivity index (χ2v) is 13.2. The third-order valence-electron chi connectivity index (χ3n) is 6.79. The van der Waals surface area contributed by atoms with Gasteiger partial charge >= 0.3 is 16.8 Å². The molecule has 0 bridgehead atoms. The van der Waals surface area contributed by atoms with Crippen LogP contribution in [0.1, 0.15) is 12.8 Å². The van der Waals surface area contributed by atoms with Crippen molar-refractivity contribution in [2.45, 2.75) is 24.9 Å². The largest absolute Gasteiger partial charge is 3.00 e. The Kier molecular flexibility index (Phi) is 20.1. The van der Waals surface area contributed by atoms with Gasteiger partial charge < -0.3 is 61.2 Å². The first kappa shape index (κ1) is 43.5. The van der Waals surface area contributed by atoms with E-state index in [1.165, 1.54) is 21.2 Å². The predicted octanol–water partition coefficient (Wildman–Crippen LogP) is -4.66. The molecule has 0 saturated heterocycles. The van der Waals surface area contributed by atoms with Crippen LogP contribution in [0, 0.1) is 0 Å². The molecule has 4 rings (SSSR count). The summed E-state index contributed by atoms with van der Waals surface area (Å²) >= 11 is 0. The number of carboxylic acid groups (broad SMARTS) is 4. The third kappa shape index (κ3) is 12.3. The van der Waals surface area contributed by atoms with Crippen molar-refractivity contribution in [2.75, 3.05) is 13.1 Å². The fourth-order valence-corrected chi connectivity index (χ4v) is 9.07. The number of benzene rings is 4. The van der Waals surface area contributed by atoms with Gasteiger partial charge in [-0.05, 0) is 48.5 Å². The van der Waals surface area contributed by atoms with E-state index in [9.17, 15) is 39.6 Å². The summed E-state index contributed by atoms with van der Waals surface area (Å²) in [4.78, 5) is 41.6. The predicted molar refractivity (Wildman–Crippen MR) is 171 cm³/mol. The monoisotopic (exact) mass is 722 g/mol. The standard InChI is InChI=1S/C24H20P.C10H16N2O8.Co.2H2O/c1-5-13-21(14-6-1)25(22-15-7-2-8-16-22,23-17-9-3-10-18-23)24-19-11-4-12-20-24;13-7(14)3-5(9(17)18)11-1-2-12-6(10(19)20)4-8(15)16;;;/h1-20H;5-6,11-12H,1-4H2,(H,13,14)(H,15,16)(H,17,18)(H,19,20);;2*1H2/q+1;;+3;;/p-4/t;5-,6-;;;/m.0.../s1. The van der Waals surface area contributed by atoms with Gasteiger partial charge in [0.2, 0.25) is 0 Å². The molecule has 0 saturated carbocycles. The second kappa shape index (κ2) is 22.2. The summed E-state index contributed by atoms with van der Waals surface area (Å²) < 4.78 is 0. The molecule has 4 aromatic carbocycles. The molecular formula is C34H36CoN2O10P. The quantitative estimate of drug-likeness (QED) is 0.0877. The first-order valence-electron chi connectivity index (χ1n) is 14.1. The third-order valence-corrected chi connectivity index (χ3v) is 11.1. The molecule has 0 fully saturated rings. The summed E-state index contributed by atoms with van der Waals surface area (Å²) in [6.07, 6.45) is -1.63. The van der Waals surface area contributed by atoms with E-state index in [2.05, 4.69) is 132 Å². The minimum Gasteiger partial charge on any atom is -0.550 e. The summed E-state index contributed by atoms with van der Waals surface area (Å²) in [5.74, 6) is -6.49. The number of carbonyl (C=O) groups is 4.